The van der Waals surface area contributed by atoms with Crippen molar-refractivity contribution in [1.82, 2.24) is 0 Å². The van der Waals surface area contributed by atoms with Gasteiger partial charge in [0.05, 0.1) is 16.7 Å². The Labute approximate surface area is 144 Å². The van der Waals surface area contributed by atoms with Gasteiger partial charge in [0.15, 0.2) is 5.78 Å². The molecule has 116 valence electrons. The van der Waals surface area contributed by atoms with Crippen LogP contribution >= 0.6 is 11.6 Å². The molecule has 0 N–H and O–H groups in total. The zero-order valence-corrected chi connectivity index (χ0v) is 13.3. The van der Waals surface area contributed by atoms with Gasteiger partial charge in [-0.05, 0) is 48.6 Å². The molecule has 2 aromatic carbocycles. The molecule has 1 heterocycles. The molecule has 0 bridgehead atoms. The fourth-order valence-electron chi connectivity index (χ4n) is 2.24. The van der Waals surface area contributed by atoms with E-state index in [2.05, 4.69) is 0 Å². The third-order valence-corrected chi connectivity index (χ3v) is 3.77. The van der Waals surface area contributed by atoms with Crippen LogP contribution in [0.5, 0.6) is 0 Å². The average molecular weight is 334 g/mol. The molecule has 1 aromatic heterocycles. The molecular weight excluding hydrogens is 322 g/mol. The second-order valence-corrected chi connectivity index (χ2v) is 5.48. The summed E-state index contributed by atoms with van der Waals surface area (Å²) >= 11 is 6.15. The van der Waals surface area contributed by atoms with Crippen molar-refractivity contribution in [3.8, 4) is 17.4 Å². The maximum Gasteiger partial charge on any atom is 0.186 e. The number of furan rings is 1. The topological polar surface area (TPSA) is 54.0 Å². The van der Waals surface area contributed by atoms with Crippen molar-refractivity contribution < 1.29 is 9.21 Å². The van der Waals surface area contributed by atoms with E-state index in [0.29, 0.717) is 27.7 Å². The third kappa shape index (κ3) is 3.45. The lowest BCUT2D eigenvalue weighted by Crippen LogP contribution is -1.94. The van der Waals surface area contributed by atoms with Crippen LogP contribution < -0.4 is 0 Å². The number of nitrogens with zero attached hydrogens (tertiary/aromatic N) is 1. The molecule has 0 unspecified atom stereocenters. The van der Waals surface area contributed by atoms with Gasteiger partial charge in [-0.2, -0.15) is 5.26 Å². The molecule has 0 atom stereocenters. The summed E-state index contributed by atoms with van der Waals surface area (Å²) in [7, 11) is 0. The van der Waals surface area contributed by atoms with E-state index in [1.54, 1.807) is 42.5 Å². The van der Waals surface area contributed by atoms with Gasteiger partial charge < -0.3 is 4.42 Å². The number of carbonyl (C=O) groups is 1. The summed E-state index contributed by atoms with van der Waals surface area (Å²) < 4.78 is 5.71. The Morgan fingerprint density at radius 2 is 1.92 bits per heavy atom. The highest BCUT2D eigenvalue weighted by Crippen LogP contribution is 2.29. The number of ketones is 1. The Hall–Kier alpha value is -3.09. The van der Waals surface area contributed by atoms with Gasteiger partial charge in [-0.25, -0.2) is 0 Å². The second kappa shape index (κ2) is 6.99. The van der Waals surface area contributed by atoms with E-state index in [1.807, 2.05) is 30.3 Å². The number of carbonyl (C=O) groups excluding carboxylic acids is 1. The van der Waals surface area contributed by atoms with Crippen LogP contribution in [0.15, 0.2) is 71.2 Å². The molecule has 0 spiro atoms. The van der Waals surface area contributed by atoms with Crippen LogP contribution in [0.1, 0.15) is 21.7 Å². The van der Waals surface area contributed by atoms with E-state index in [-0.39, 0.29) is 5.78 Å². The first kappa shape index (κ1) is 15.8. The summed E-state index contributed by atoms with van der Waals surface area (Å²) in [4.78, 5) is 12.2. The summed E-state index contributed by atoms with van der Waals surface area (Å²) in [6.45, 7) is 0. The summed E-state index contributed by atoms with van der Waals surface area (Å²) in [6.07, 6.45) is 3.02. The van der Waals surface area contributed by atoms with Gasteiger partial charge in [-0.15, -0.1) is 0 Å². The normalized spacial score (nSPS) is 10.7. The van der Waals surface area contributed by atoms with Crippen molar-refractivity contribution in [2.75, 3.05) is 0 Å². The fraction of sp³-hybridized carbons (Fsp3) is 0. The van der Waals surface area contributed by atoms with Gasteiger partial charge in [0.2, 0.25) is 0 Å². The van der Waals surface area contributed by atoms with Gasteiger partial charge in [0.1, 0.15) is 11.5 Å². The molecule has 0 aliphatic heterocycles. The van der Waals surface area contributed by atoms with Crippen LogP contribution in [-0.4, -0.2) is 5.78 Å². The minimum absolute atomic E-state index is 0.192. The molecule has 3 rings (SSSR count). The molecule has 0 amide bonds. The van der Waals surface area contributed by atoms with E-state index in [9.17, 15) is 4.79 Å². The third-order valence-electron chi connectivity index (χ3n) is 3.44. The fourth-order valence-corrected chi connectivity index (χ4v) is 2.47. The zero-order chi connectivity index (χ0) is 16.9. The Bertz CT molecular complexity index is 964. The monoisotopic (exact) mass is 333 g/mol. The number of allylic oxidation sites excluding steroid dienone is 1. The number of hydrogen-bond acceptors (Lipinski definition) is 3. The van der Waals surface area contributed by atoms with Gasteiger partial charge in [-0.3, -0.25) is 4.79 Å². The molecule has 0 fully saturated rings. The molecule has 4 heteroatoms. The second-order valence-electron chi connectivity index (χ2n) is 5.07. The van der Waals surface area contributed by atoms with Crippen LogP contribution in [0.3, 0.4) is 0 Å². The number of hydrogen-bond donors (Lipinski definition) is 0. The highest BCUT2D eigenvalue weighted by molar-refractivity contribution is 6.33. The maximum atomic E-state index is 12.2. The number of nitriles is 1. The first-order valence-electron chi connectivity index (χ1n) is 7.25. The van der Waals surface area contributed by atoms with Crippen molar-refractivity contribution in [3.05, 3.63) is 88.6 Å². The summed E-state index contributed by atoms with van der Waals surface area (Å²) in [5, 5.41) is 9.48. The standard InChI is InChI=1S/C20H12ClNO2/c21-18-7-2-1-6-17(18)20-11-9-16(24-20)8-10-19(23)15-5-3-4-14(12-15)13-22/h1-12H/b10-8+. The van der Waals surface area contributed by atoms with E-state index in [0.717, 1.165) is 5.56 Å². The Morgan fingerprint density at radius 1 is 1.08 bits per heavy atom. The van der Waals surface area contributed by atoms with Gasteiger partial charge in [0.25, 0.3) is 0 Å². The van der Waals surface area contributed by atoms with E-state index in [4.69, 9.17) is 21.3 Å². The molecule has 24 heavy (non-hydrogen) atoms. The van der Waals surface area contributed by atoms with Gasteiger partial charge >= 0.3 is 0 Å². The van der Waals surface area contributed by atoms with Gasteiger partial charge in [0, 0.05) is 11.1 Å². The highest BCUT2D eigenvalue weighted by atomic mass is 35.5. The van der Waals surface area contributed by atoms with Crippen molar-refractivity contribution in [1.29, 1.82) is 5.26 Å². The largest absolute Gasteiger partial charge is 0.457 e. The Balaban J connectivity index is 1.79. The number of rotatable bonds is 4. The minimum atomic E-state index is -0.192. The summed E-state index contributed by atoms with van der Waals surface area (Å²) in [6, 6.07) is 19.6. The van der Waals surface area contributed by atoms with Crippen LogP contribution in [0.4, 0.5) is 0 Å². The van der Waals surface area contributed by atoms with E-state index < -0.39 is 0 Å². The van der Waals surface area contributed by atoms with E-state index >= 15 is 0 Å². The molecule has 3 aromatic rings. The summed E-state index contributed by atoms with van der Waals surface area (Å²) in [5.74, 6) is 0.997. The first-order valence-corrected chi connectivity index (χ1v) is 7.62. The van der Waals surface area contributed by atoms with Crippen molar-refractivity contribution >= 4 is 23.5 Å². The Morgan fingerprint density at radius 3 is 2.71 bits per heavy atom. The maximum absolute atomic E-state index is 12.2. The van der Waals surface area contributed by atoms with Gasteiger partial charge in [-0.1, -0.05) is 35.9 Å². The molecule has 3 nitrogen and oxygen atoms in total. The number of halogens is 1. The van der Waals surface area contributed by atoms with Crippen LogP contribution in [-0.2, 0) is 0 Å². The predicted octanol–water partition coefficient (Wildman–Crippen LogP) is 5.37. The minimum Gasteiger partial charge on any atom is -0.457 e. The lowest BCUT2D eigenvalue weighted by molar-refractivity contribution is 0.104. The smallest absolute Gasteiger partial charge is 0.186 e. The summed E-state index contributed by atoms with van der Waals surface area (Å²) in [5.41, 5.74) is 1.71. The quantitative estimate of drug-likeness (QED) is 0.476. The first-order chi connectivity index (χ1) is 11.7. The lowest BCUT2D eigenvalue weighted by Gasteiger charge is -1.99. The molecular formula is C20H12ClNO2. The van der Waals surface area contributed by atoms with Crippen LogP contribution in [0.25, 0.3) is 17.4 Å². The SMILES string of the molecule is N#Cc1cccc(C(=O)/C=C/c2ccc(-c3ccccc3Cl)o2)c1. The van der Waals surface area contributed by atoms with Crippen molar-refractivity contribution in [2.24, 2.45) is 0 Å². The molecule has 0 saturated carbocycles. The predicted molar refractivity (Wildman–Crippen MR) is 93.7 cm³/mol. The highest BCUT2D eigenvalue weighted by Gasteiger charge is 2.07. The number of benzene rings is 2. The average Bonchev–Trinajstić information content (AvgIpc) is 3.09. The van der Waals surface area contributed by atoms with Crippen LogP contribution in [0, 0.1) is 11.3 Å². The Kier molecular flexibility index (Phi) is 4.60. The van der Waals surface area contributed by atoms with Crippen molar-refractivity contribution in [3.63, 3.8) is 0 Å². The van der Waals surface area contributed by atoms with Crippen LogP contribution in [0.2, 0.25) is 5.02 Å². The molecule has 0 aliphatic carbocycles. The molecule has 0 radical (unpaired) electrons. The zero-order valence-electron chi connectivity index (χ0n) is 12.6. The lowest BCUT2D eigenvalue weighted by atomic mass is 10.1. The van der Waals surface area contributed by atoms with E-state index in [1.165, 1.54) is 6.08 Å². The van der Waals surface area contributed by atoms with Crippen molar-refractivity contribution in [2.45, 2.75) is 0 Å². The molecule has 0 aliphatic rings. The molecule has 0 saturated heterocycles.